The standard InChI is InChI=1S/C6H3B3BrNO/c7-6(8,9)12-4-1-2-5(10)11-3-4/h1-3H. The molecule has 0 atom stereocenters. The van der Waals surface area contributed by atoms with Gasteiger partial charge in [-0.15, -0.1) is 0 Å². The average molecular weight is 217 g/mol. The lowest BCUT2D eigenvalue weighted by Gasteiger charge is -2.22. The molecule has 0 aliphatic rings. The van der Waals surface area contributed by atoms with E-state index in [0.717, 1.165) is 0 Å². The Morgan fingerprint density at radius 2 is 2.00 bits per heavy atom. The number of hydrogen-bond acceptors (Lipinski definition) is 2. The summed E-state index contributed by atoms with van der Waals surface area (Å²) in [5.41, 5.74) is 0. The van der Waals surface area contributed by atoms with E-state index < -0.39 is 5.30 Å². The van der Waals surface area contributed by atoms with Crippen LogP contribution in [0.4, 0.5) is 0 Å². The Balaban J connectivity index is 2.71. The molecule has 0 saturated heterocycles. The molecule has 54 valence electrons. The number of hydrogen-bond donors (Lipinski definition) is 0. The van der Waals surface area contributed by atoms with Gasteiger partial charge >= 0.3 is 0 Å². The molecular weight excluding hydrogens is 214 g/mol. The summed E-state index contributed by atoms with van der Waals surface area (Å²) in [6.07, 6.45) is 1.46. The lowest BCUT2D eigenvalue weighted by atomic mass is 9.52. The third kappa shape index (κ3) is 3.35. The molecule has 6 radical (unpaired) electrons. The molecule has 2 nitrogen and oxygen atoms in total. The number of halogens is 1. The van der Waals surface area contributed by atoms with Crippen molar-refractivity contribution in [3.05, 3.63) is 22.9 Å². The van der Waals surface area contributed by atoms with Crippen LogP contribution in [0, 0.1) is 0 Å². The molecule has 6 heteroatoms. The summed E-state index contributed by atoms with van der Waals surface area (Å²) >= 11 is 3.16. The summed E-state index contributed by atoms with van der Waals surface area (Å²) in [5, 5.41) is -1.66. The molecule has 1 aromatic rings. The molecule has 0 spiro atoms. The fourth-order valence-corrected chi connectivity index (χ4v) is 0.861. The summed E-state index contributed by atoms with van der Waals surface area (Å²) in [7, 11) is 15.6. The first-order valence-corrected chi connectivity index (χ1v) is 3.94. The van der Waals surface area contributed by atoms with E-state index in [2.05, 4.69) is 20.9 Å². The van der Waals surface area contributed by atoms with E-state index in [1.54, 1.807) is 12.1 Å². The van der Waals surface area contributed by atoms with Crippen LogP contribution in [0.5, 0.6) is 5.75 Å². The van der Waals surface area contributed by atoms with Gasteiger partial charge in [-0.3, -0.25) is 0 Å². The third-order valence-corrected chi connectivity index (χ3v) is 1.46. The van der Waals surface area contributed by atoms with Crippen LogP contribution in [0.3, 0.4) is 0 Å². The minimum absolute atomic E-state index is 0.422. The molecule has 0 fully saturated rings. The van der Waals surface area contributed by atoms with Crippen LogP contribution in [-0.4, -0.2) is 33.8 Å². The van der Waals surface area contributed by atoms with Crippen LogP contribution in [0.1, 0.15) is 0 Å². The minimum Gasteiger partial charge on any atom is -0.514 e. The van der Waals surface area contributed by atoms with Crippen molar-refractivity contribution >= 4 is 39.5 Å². The van der Waals surface area contributed by atoms with Crippen molar-refractivity contribution in [1.82, 2.24) is 4.98 Å². The Morgan fingerprint density at radius 3 is 2.42 bits per heavy atom. The number of ether oxygens (including phenoxy) is 1. The molecule has 0 N–H and O–H groups in total. The quantitative estimate of drug-likeness (QED) is 0.526. The van der Waals surface area contributed by atoms with Crippen molar-refractivity contribution < 1.29 is 4.74 Å². The maximum Gasteiger partial charge on any atom is 0.134 e. The highest BCUT2D eigenvalue weighted by Gasteiger charge is 2.10. The fourth-order valence-electron chi connectivity index (χ4n) is 0.627. The highest BCUT2D eigenvalue weighted by atomic mass is 79.9. The fraction of sp³-hybridized carbons (Fsp3) is 0.167. The predicted octanol–water partition coefficient (Wildman–Crippen LogP) is 0.340. The van der Waals surface area contributed by atoms with Crippen LogP contribution < -0.4 is 4.74 Å². The minimum atomic E-state index is -1.66. The van der Waals surface area contributed by atoms with E-state index in [9.17, 15) is 0 Å². The summed E-state index contributed by atoms with van der Waals surface area (Å²) in [6.45, 7) is 0. The highest BCUT2D eigenvalue weighted by Crippen LogP contribution is 2.14. The number of rotatable bonds is 2. The van der Waals surface area contributed by atoms with Gasteiger partial charge in [-0.1, -0.05) is 0 Å². The van der Waals surface area contributed by atoms with Crippen molar-refractivity contribution in [3.8, 4) is 5.75 Å². The Hall–Kier alpha value is -0.375. The number of aromatic nitrogens is 1. The molecule has 1 aromatic heterocycles. The van der Waals surface area contributed by atoms with Crippen molar-refractivity contribution in [2.24, 2.45) is 0 Å². The van der Waals surface area contributed by atoms with E-state index in [1.807, 2.05) is 0 Å². The van der Waals surface area contributed by atoms with E-state index >= 15 is 0 Å². The van der Waals surface area contributed by atoms with E-state index in [-0.39, 0.29) is 0 Å². The van der Waals surface area contributed by atoms with Gasteiger partial charge in [0.2, 0.25) is 0 Å². The molecule has 0 unspecified atom stereocenters. The zero-order chi connectivity index (χ0) is 9.19. The Kier molecular flexibility index (Phi) is 2.88. The molecular formula is C6H3B3BrNO. The molecule has 0 aromatic carbocycles. The molecule has 0 aliphatic carbocycles. The molecule has 1 rings (SSSR count). The first kappa shape index (κ1) is 9.71. The second-order valence-electron chi connectivity index (χ2n) is 2.27. The van der Waals surface area contributed by atoms with Gasteiger partial charge in [0, 0.05) is 0 Å². The van der Waals surface area contributed by atoms with Gasteiger partial charge in [0.15, 0.2) is 0 Å². The van der Waals surface area contributed by atoms with E-state index in [0.29, 0.717) is 10.4 Å². The second kappa shape index (κ2) is 3.56. The Bertz CT molecular complexity index is 258. The van der Waals surface area contributed by atoms with Gasteiger partial charge in [0.05, 0.1) is 6.20 Å². The summed E-state index contributed by atoms with van der Waals surface area (Å²) in [6, 6.07) is 3.35. The van der Waals surface area contributed by atoms with Gasteiger partial charge in [-0.2, -0.15) is 0 Å². The van der Waals surface area contributed by atoms with Crippen LogP contribution in [0.25, 0.3) is 0 Å². The van der Waals surface area contributed by atoms with Gasteiger partial charge in [-0.05, 0) is 33.4 Å². The Labute approximate surface area is 83.5 Å². The van der Waals surface area contributed by atoms with Gasteiger partial charge < -0.3 is 4.74 Å². The van der Waals surface area contributed by atoms with E-state index in [1.165, 1.54) is 6.20 Å². The van der Waals surface area contributed by atoms with Crippen LogP contribution in [-0.2, 0) is 0 Å². The highest BCUT2D eigenvalue weighted by molar-refractivity contribution is 9.10. The van der Waals surface area contributed by atoms with Crippen molar-refractivity contribution in [2.75, 3.05) is 0 Å². The molecule has 0 bridgehead atoms. The maximum absolute atomic E-state index is 5.20. The van der Waals surface area contributed by atoms with Gasteiger partial charge in [0.25, 0.3) is 0 Å². The molecule has 12 heavy (non-hydrogen) atoms. The lowest BCUT2D eigenvalue weighted by molar-refractivity contribution is 0.317. The predicted molar refractivity (Wildman–Crippen MR) is 52.6 cm³/mol. The van der Waals surface area contributed by atoms with Crippen molar-refractivity contribution in [1.29, 1.82) is 0 Å². The SMILES string of the molecule is [B]C([B])([B])Oc1ccc(Br)nc1. The molecule has 0 aliphatic heterocycles. The van der Waals surface area contributed by atoms with Crippen molar-refractivity contribution in [2.45, 2.75) is 5.30 Å². The summed E-state index contributed by atoms with van der Waals surface area (Å²) in [5.74, 6) is 0.422. The van der Waals surface area contributed by atoms with Crippen molar-refractivity contribution in [3.63, 3.8) is 0 Å². The molecule has 0 saturated carbocycles. The lowest BCUT2D eigenvalue weighted by Crippen LogP contribution is -2.37. The normalized spacial score (nSPS) is 11.1. The third-order valence-electron chi connectivity index (χ3n) is 0.995. The van der Waals surface area contributed by atoms with E-state index in [4.69, 9.17) is 28.3 Å². The van der Waals surface area contributed by atoms with Crippen LogP contribution in [0.2, 0.25) is 0 Å². The van der Waals surface area contributed by atoms with Crippen LogP contribution >= 0.6 is 15.9 Å². The van der Waals surface area contributed by atoms with Gasteiger partial charge in [0.1, 0.15) is 33.9 Å². The number of nitrogens with zero attached hydrogens (tertiary/aromatic N) is 1. The smallest absolute Gasteiger partial charge is 0.134 e. The largest absolute Gasteiger partial charge is 0.514 e. The Morgan fingerprint density at radius 1 is 1.33 bits per heavy atom. The first-order chi connectivity index (χ1) is 5.47. The average Bonchev–Trinajstić information content (AvgIpc) is 1.91. The van der Waals surface area contributed by atoms with Crippen LogP contribution in [0.15, 0.2) is 22.9 Å². The zero-order valence-electron chi connectivity index (χ0n) is 6.20. The molecule has 1 heterocycles. The topological polar surface area (TPSA) is 22.1 Å². The zero-order valence-corrected chi connectivity index (χ0v) is 7.78. The maximum atomic E-state index is 5.20. The second-order valence-corrected chi connectivity index (χ2v) is 3.08. The molecule has 0 amide bonds. The number of pyridine rings is 1. The monoisotopic (exact) mass is 217 g/mol. The first-order valence-electron chi connectivity index (χ1n) is 3.14. The summed E-state index contributed by atoms with van der Waals surface area (Å²) in [4.78, 5) is 3.89. The summed E-state index contributed by atoms with van der Waals surface area (Å²) < 4.78 is 5.61. The van der Waals surface area contributed by atoms with Gasteiger partial charge in [-0.25, -0.2) is 4.98 Å².